The molecule has 6 heteroatoms. The van der Waals surface area contributed by atoms with Crippen LogP contribution in [0.3, 0.4) is 0 Å². The first-order chi connectivity index (χ1) is 12.5. The van der Waals surface area contributed by atoms with Crippen LogP contribution >= 0.6 is 0 Å². The Balaban J connectivity index is 1.31. The molecule has 0 unspecified atom stereocenters. The topological polar surface area (TPSA) is 38.1 Å². The van der Waals surface area contributed by atoms with Gasteiger partial charge in [-0.1, -0.05) is 12.1 Å². The molecule has 1 aromatic heterocycles. The number of hydrogen-bond acceptors (Lipinski definition) is 2. The molecule has 2 saturated carbocycles. The second-order valence-corrected chi connectivity index (χ2v) is 8.13. The summed E-state index contributed by atoms with van der Waals surface area (Å²) in [7, 11) is 0. The average molecular weight is 359 g/mol. The Morgan fingerprint density at radius 3 is 2.46 bits per heavy atom. The number of halogens is 2. The molecular weight excluding hydrogens is 336 g/mol. The molecule has 0 spiro atoms. The molecule has 138 valence electrons. The zero-order valence-corrected chi connectivity index (χ0v) is 14.7. The van der Waals surface area contributed by atoms with Gasteiger partial charge in [-0.3, -0.25) is 4.79 Å². The summed E-state index contributed by atoms with van der Waals surface area (Å²) in [5.41, 5.74) is 2.16. The predicted molar refractivity (Wildman–Crippen MR) is 94.2 cm³/mol. The lowest BCUT2D eigenvalue weighted by molar-refractivity contribution is -0.145. The highest BCUT2D eigenvalue weighted by Crippen LogP contribution is 2.43. The van der Waals surface area contributed by atoms with Gasteiger partial charge in [0.15, 0.2) is 0 Å². The van der Waals surface area contributed by atoms with Crippen LogP contribution in [0.15, 0.2) is 24.3 Å². The van der Waals surface area contributed by atoms with Crippen molar-refractivity contribution in [2.75, 3.05) is 13.1 Å². The molecule has 0 bridgehead atoms. The van der Waals surface area contributed by atoms with Gasteiger partial charge >= 0.3 is 0 Å². The largest absolute Gasteiger partial charge is 0.338 e. The zero-order valence-electron chi connectivity index (χ0n) is 14.7. The second kappa shape index (κ2) is 5.76. The van der Waals surface area contributed by atoms with E-state index < -0.39 is 5.92 Å². The molecule has 0 N–H and O–H groups in total. The highest BCUT2D eigenvalue weighted by atomic mass is 19.3. The van der Waals surface area contributed by atoms with E-state index in [4.69, 9.17) is 4.98 Å². The summed E-state index contributed by atoms with van der Waals surface area (Å²) >= 11 is 0. The smallest absolute Gasteiger partial charge is 0.248 e. The fourth-order valence-corrected chi connectivity index (χ4v) is 4.42. The first-order valence-corrected chi connectivity index (χ1v) is 9.65. The summed E-state index contributed by atoms with van der Waals surface area (Å²) in [5.74, 6) is -1.04. The highest BCUT2D eigenvalue weighted by Gasteiger charge is 2.42. The number of benzene rings is 1. The Bertz CT molecular complexity index is 842. The number of para-hydroxylation sites is 2. The van der Waals surface area contributed by atoms with E-state index >= 15 is 0 Å². The number of carbonyl (C=O) groups excluding carboxylic acids is 1. The second-order valence-electron chi connectivity index (χ2n) is 8.13. The van der Waals surface area contributed by atoms with Crippen molar-refractivity contribution in [1.29, 1.82) is 0 Å². The number of nitrogens with zero attached hydrogens (tertiary/aromatic N) is 3. The third kappa shape index (κ3) is 2.70. The third-order valence-electron chi connectivity index (χ3n) is 6.17. The normalized spacial score (nSPS) is 24.0. The Kier molecular flexibility index (Phi) is 3.59. The van der Waals surface area contributed by atoms with E-state index in [1.165, 1.54) is 12.8 Å². The zero-order chi connectivity index (χ0) is 17.9. The van der Waals surface area contributed by atoms with Crippen LogP contribution in [0.25, 0.3) is 11.0 Å². The van der Waals surface area contributed by atoms with Crippen LogP contribution in [0.5, 0.6) is 0 Å². The molecule has 4 nitrogen and oxygen atoms in total. The van der Waals surface area contributed by atoms with Gasteiger partial charge in [0.05, 0.1) is 17.1 Å². The van der Waals surface area contributed by atoms with E-state index in [1.54, 1.807) is 0 Å². The maximum absolute atomic E-state index is 13.3. The van der Waals surface area contributed by atoms with Crippen LogP contribution in [-0.4, -0.2) is 39.4 Å². The van der Waals surface area contributed by atoms with Crippen molar-refractivity contribution in [3.63, 3.8) is 0 Å². The van der Waals surface area contributed by atoms with Gasteiger partial charge in [0.1, 0.15) is 5.82 Å². The van der Waals surface area contributed by atoms with Crippen molar-refractivity contribution in [3.8, 4) is 0 Å². The van der Waals surface area contributed by atoms with Gasteiger partial charge in [0.2, 0.25) is 11.8 Å². The number of carbonyl (C=O) groups is 1. The van der Waals surface area contributed by atoms with E-state index in [-0.39, 0.29) is 30.7 Å². The quantitative estimate of drug-likeness (QED) is 0.827. The Morgan fingerprint density at radius 2 is 1.77 bits per heavy atom. The summed E-state index contributed by atoms with van der Waals surface area (Å²) in [4.78, 5) is 19.3. The van der Waals surface area contributed by atoms with Crippen LogP contribution in [0, 0.1) is 5.92 Å². The molecular formula is C20H23F2N3O. The molecule has 0 atom stereocenters. The van der Waals surface area contributed by atoms with Crippen LogP contribution in [0.1, 0.15) is 56.3 Å². The lowest BCUT2D eigenvalue weighted by atomic mass is 9.85. The molecule has 1 aliphatic heterocycles. The number of amides is 1. The van der Waals surface area contributed by atoms with E-state index in [9.17, 15) is 13.6 Å². The standard InChI is InChI=1S/C20H23F2N3O/c21-20(22)9-7-14(8-10-20)19(26)24-11-15(12-24)25-17-4-2-1-3-16(17)23-18(25)13-5-6-13/h1-4,13-15H,5-12H2. The fraction of sp³-hybridized carbons (Fsp3) is 0.600. The van der Waals surface area contributed by atoms with Gasteiger partial charge in [0.25, 0.3) is 0 Å². The number of rotatable bonds is 3. The van der Waals surface area contributed by atoms with Crippen molar-refractivity contribution in [2.45, 2.75) is 56.4 Å². The van der Waals surface area contributed by atoms with Gasteiger partial charge in [-0.05, 0) is 37.8 Å². The Hall–Kier alpha value is -1.98. The van der Waals surface area contributed by atoms with Gasteiger partial charge in [-0.15, -0.1) is 0 Å². The lowest BCUT2D eigenvalue weighted by Crippen LogP contribution is -2.53. The van der Waals surface area contributed by atoms with Gasteiger partial charge < -0.3 is 9.47 Å². The monoisotopic (exact) mass is 359 g/mol. The third-order valence-corrected chi connectivity index (χ3v) is 6.17. The van der Waals surface area contributed by atoms with Crippen LogP contribution in [0.4, 0.5) is 8.78 Å². The number of fused-ring (bicyclic) bond motifs is 1. The summed E-state index contributed by atoms with van der Waals surface area (Å²) in [6.45, 7) is 1.34. The molecule has 3 fully saturated rings. The lowest BCUT2D eigenvalue weighted by Gasteiger charge is -2.43. The van der Waals surface area contributed by atoms with Crippen molar-refractivity contribution in [1.82, 2.24) is 14.5 Å². The van der Waals surface area contributed by atoms with Crippen molar-refractivity contribution < 1.29 is 13.6 Å². The number of aromatic nitrogens is 2. The molecule has 2 heterocycles. The van der Waals surface area contributed by atoms with E-state index in [0.29, 0.717) is 31.8 Å². The number of likely N-dealkylation sites (tertiary alicyclic amines) is 1. The summed E-state index contributed by atoms with van der Waals surface area (Å²) in [6.07, 6.45) is 2.70. The maximum atomic E-state index is 13.3. The molecule has 3 aliphatic rings. The van der Waals surface area contributed by atoms with E-state index in [2.05, 4.69) is 10.6 Å². The molecule has 1 saturated heterocycles. The average Bonchev–Trinajstić information content (AvgIpc) is 3.36. The SMILES string of the molecule is O=C(C1CCC(F)(F)CC1)N1CC(n2c(C3CC3)nc3ccccc32)C1. The maximum Gasteiger partial charge on any atom is 0.248 e. The minimum atomic E-state index is -2.58. The summed E-state index contributed by atoms with van der Waals surface area (Å²) < 4.78 is 29.0. The highest BCUT2D eigenvalue weighted by molar-refractivity contribution is 5.80. The first kappa shape index (κ1) is 16.2. The van der Waals surface area contributed by atoms with Crippen molar-refractivity contribution >= 4 is 16.9 Å². The minimum absolute atomic E-state index is 0.0640. The molecule has 26 heavy (non-hydrogen) atoms. The van der Waals surface area contributed by atoms with Gasteiger partial charge in [-0.25, -0.2) is 13.8 Å². The molecule has 0 radical (unpaired) electrons. The number of imidazole rings is 1. The van der Waals surface area contributed by atoms with E-state index in [1.807, 2.05) is 23.1 Å². The predicted octanol–water partition coefficient (Wildman–Crippen LogP) is 4.12. The molecule has 5 rings (SSSR count). The van der Waals surface area contributed by atoms with Crippen molar-refractivity contribution in [3.05, 3.63) is 30.1 Å². The van der Waals surface area contributed by atoms with Crippen molar-refractivity contribution in [2.24, 2.45) is 5.92 Å². The first-order valence-electron chi connectivity index (χ1n) is 9.65. The summed E-state index contributed by atoms with van der Waals surface area (Å²) in [6, 6.07) is 8.43. The molecule has 2 aliphatic carbocycles. The summed E-state index contributed by atoms with van der Waals surface area (Å²) in [5, 5.41) is 0. The Labute approximate surface area is 151 Å². The van der Waals surface area contributed by atoms with Gasteiger partial charge in [-0.2, -0.15) is 0 Å². The van der Waals surface area contributed by atoms with E-state index in [0.717, 1.165) is 16.9 Å². The van der Waals surface area contributed by atoms with Crippen LogP contribution in [-0.2, 0) is 4.79 Å². The fourth-order valence-electron chi connectivity index (χ4n) is 4.42. The molecule has 2 aromatic rings. The Morgan fingerprint density at radius 1 is 1.08 bits per heavy atom. The van der Waals surface area contributed by atoms with Crippen LogP contribution in [0.2, 0.25) is 0 Å². The number of alkyl halides is 2. The molecule has 1 amide bonds. The van der Waals surface area contributed by atoms with Gasteiger partial charge in [0, 0.05) is 37.8 Å². The molecule has 1 aromatic carbocycles. The number of hydrogen-bond donors (Lipinski definition) is 0. The van der Waals surface area contributed by atoms with Crippen LogP contribution < -0.4 is 0 Å². The minimum Gasteiger partial charge on any atom is -0.338 e.